The highest BCUT2D eigenvalue weighted by Gasteiger charge is 2.23. The number of furan rings is 1. The van der Waals surface area contributed by atoms with Crippen molar-refractivity contribution in [2.45, 2.75) is 6.54 Å². The number of nitrogens with one attached hydrogen (secondary N) is 1. The first-order chi connectivity index (χ1) is 6.75. The Hall–Kier alpha value is -1.78. The highest BCUT2D eigenvalue weighted by molar-refractivity contribution is 5.92. The third-order valence-corrected chi connectivity index (χ3v) is 2.05. The van der Waals surface area contributed by atoms with E-state index in [4.69, 9.17) is 4.42 Å². The summed E-state index contributed by atoms with van der Waals surface area (Å²) in [6, 6.07) is 3.53. The van der Waals surface area contributed by atoms with Gasteiger partial charge in [0.2, 0.25) is 11.8 Å². The Morgan fingerprint density at radius 2 is 2.36 bits per heavy atom. The molecule has 1 saturated heterocycles. The minimum atomic E-state index is -0.129. The van der Waals surface area contributed by atoms with E-state index in [-0.39, 0.29) is 24.9 Å². The lowest BCUT2D eigenvalue weighted by Gasteiger charge is -2.25. The van der Waals surface area contributed by atoms with Crippen molar-refractivity contribution in [2.24, 2.45) is 0 Å². The zero-order chi connectivity index (χ0) is 9.97. The molecule has 74 valence electrons. The normalized spacial score (nSPS) is 17.0. The molecule has 0 radical (unpaired) electrons. The summed E-state index contributed by atoms with van der Waals surface area (Å²) in [5, 5.41) is 2.48. The molecule has 1 aliphatic rings. The zero-order valence-electron chi connectivity index (χ0n) is 7.53. The smallest absolute Gasteiger partial charge is 0.242 e. The summed E-state index contributed by atoms with van der Waals surface area (Å²) in [5.74, 6) is 0.477. The van der Waals surface area contributed by atoms with E-state index in [1.54, 1.807) is 18.4 Å². The van der Waals surface area contributed by atoms with Crippen LogP contribution in [0.4, 0.5) is 0 Å². The summed E-state index contributed by atoms with van der Waals surface area (Å²) in [6.45, 7) is 0.554. The third kappa shape index (κ3) is 1.76. The van der Waals surface area contributed by atoms with Crippen LogP contribution in [0.25, 0.3) is 0 Å². The van der Waals surface area contributed by atoms with Gasteiger partial charge in [0, 0.05) is 0 Å². The number of nitrogens with zero attached hydrogens (tertiary/aromatic N) is 1. The van der Waals surface area contributed by atoms with Gasteiger partial charge in [0.1, 0.15) is 12.3 Å². The van der Waals surface area contributed by atoms with E-state index in [0.29, 0.717) is 12.3 Å². The molecule has 2 rings (SSSR count). The second kappa shape index (κ2) is 3.53. The summed E-state index contributed by atoms with van der Waals surface area (Å²) < 4.78 is 5.09. The molecule has 5 nitrogen and oxygen atoms in total. The van der Waals surface area contributed by atoms with Gasteiger partial charge in [-0.25, -0.2) is 0 Å². The molecule has 1 aliphatic heterocycles. The Kier molecular flexibility index (Phi) is 2.22. The molecule has 5 heteroatoms. The van der Waals surface area contributed by atoms with Gasteiger partial charge < -0.3 is 14.6 Å². The largest absolute Gasteiger partial charge is 0.467 e. The van der Waals surface area contributed by atoms with Crippen LogP contribution in [0.15, 0.2) is 22.8 Å². The Morgan fingerprint density at radius 1 is 1.50 bits per heavy atom. The highest BCUT2D eigenvalue weighted by atomic mass is 16.3. The maximum atomic E-state index is 11.3. The highest BCUT2D eigenvalue weighted by Crippen LogP contribution is 2.06. The lowest BCUT2D eigenvalue weighted by atomic mass is 10.3. The van der Waals surface area contributed by atoms with Gasteiger partial charge in [-0.3, -0.25) is 9.59 Å². The van der Waals surface area contributed by atoms with Gasteiger partial charge in [0.05, 0.1) is 19.4 Å². The van der Waals surface area contributed by atoms with Crippen LogP contribution in [0.5, 0.6) is 0 Å². The summed E-state index contributed by atoms with van der Waals surface area (Å²) in [6.07, 6.45) is 1.55. The van der Waals surface area contributed by atoms with Crippen molar-refractivity contribution in [3.8, 4) is 0 Å². The third-order valence-electron chi connectivity index (χ3n) is 2.05. The SMILES string of the molecule is O=C1CN(Cc2ccco2)C(=O)CN1. The number of hydrogen-bond donors (Lipinski definition) is 1. The van der Waals surface area contributed by atoms with Gasteiger partial charge in [0.25, 0.3) is 0 Å². The van der Waals surface area contributed by atoms with E-state index in [2.05, 4.69) is 5.32 Å². The van der Waals surface area contributed by atoms with Crippen LogP contribution < -0.4 is 5.32 Å². The Labute approximate surface area is 80.7 Å². The monoisotopic (exact) mass is 194 g/mol. The van der Waals surface area contributed by atoms with Crippen molar-refractivity contribution >= 4 is 11.8 Å². The molecule has 1 fully saturated rings. The quantitative estimate of drug-likeness (QED) is 0.705. The molecule has 1 N–H and O–H groups in total. The van der Waals surface area contributed by atoms with Crippen LogP contribution in [0.3, 0.4) is 0 Å². The molecule has 1 aromatic rings. The molecule has 2 heterocycles. The fourth-order valence-electron chi connectivity index (χ4n) is 1.34. The Bertz CT molecular complexity index is 345. The topological polar surface area (TPSA) is 62.6 Å². The first-order valence-corrected chi connectivity index (χ1v) is 4.32. The molecule has 0 spiro atoms. The fraction of sp³-hybridized carbons (Fsp3) is 0.333. The lowest BCUT2D eigenvalue weighted by molar-refractivity contribution is -0.141. The van der Waals surface area contributed by atoms with Gasteiger partial charge >= 0.3 is 0 Å². The van der Waals surface area contributed by atoms with Crippen LogP contribution in [-0.4, -0.2) is 29.8 Å². The predicted molar refractivity (Wildman–Crippen MR) is 47.1 cm³/mol. The van der Waals surface area contributed by atoms with E-state index in [1.807, 2.05) is 0 Å². The van der Waals surface area contributed by atoms with E-state index < -0.39 is 0 Å². The van der Waals surface area contributed by atoms with Crippen molar-refractivity contribution in [3.05, 3.63) is 24.2 Å². The van der Waals surface area contributed by atoms with E-state index in [9.17, 15) is 9.59 Å². The molecule has 0 saturated carbocycles. The molecule has 1 aromatic heterocycles. The van der Waals surface area contributed by atoms with E-state index >= 15 is 0 Å². The molecular weight excluding hydrogens is 184 g/mol. The lowest BCUT2D eigenvalue weighted by Crippen LogP contribution is -2.50. The predicted octanol–water partition coefficient (Wildman–Crippen LogP) is -0.262. The molecule has 0 atom stereocenters. The zero-order valence-corrected chi connectivity index (χ0v) is 7.53. The van der Waals surface area contributed by atoms with Crippen LogP contribution in [0.2, 0.25) is 0 Å². The van der Waals surface area contributed by atoms with Crippen LogP contribution in [0, 0.1) is 0 Å². The van der Waals surface area contributed by atoms with Gasteiger partial charge in [-0.15, -0.1) is 0 Å². The summed E-state index contributed by atoms with van der Waals surface area (Å²) in [4.78, 5) is 23.8. The van der Waals surface area contributed by atoms with Gasteiger partial charge in [0.15, 0.2) is 0 Å². The average molecular weight is 194 g/mol. The minimum absolute atomic E-state index is 0.0824. The Morgan fingerprint density at radius 3 is 3.07 bits per heavy atom. The number of rotatable bonds is 2. The number of hydrogen-bond acceptors (Lipinski definition) is 3. The van der Waals surface area contributed by atoms with E-state index in [1.165, 1.54) is 4.90 Å². The maximum Gasteiger partial charge on any atom is 0.242 e. The van der Waals surface area contributed by atoms with Crippen LogP contribution in [-0.2, 0) is 16.1 Å². The van der Waals surface area contributed by atoms with Crippen molar-refractivity contribution in [1.29, 1.82) is 0 Å². The molecule has 2 amide bonds. The van der Waals surface area contributed by atoms with Gasteiger partial charge in [-0.05, 0) is 12.1 Å². The number of amides is 2. The second-order valence-electron chi connectivity index (χ2n) is 3.11. The first-order valence-electron chi connectivity index (χ1n) is 4.32. The second-order valence-corrected chi connectivity index (χ2v) is 3.11. The number of carbonyl (C=O) groups is 2. The van der Waals surface area contributed by atoms with Gasteiger partial charge in [-0.1, -0.05) is 0 Å². The summed E-state index contributed by atoms with van der Waals surface area (Å²) in [7, 11) is 0. The van der Waals surface area contributed by atoms with Crippen molar-refractivity contribution < 1.29 is 14.0 Å². The van der Waals surface area contributed by atoms with Crippen molar-refractivity contribution in [1.82, 2.24) is 10.2 Å². The Balaban J connectivity index is 2.02. The van der Waals surface area contributed by atoms with Crippen LogP contribution >= 0.6 is 0 Å². The molecule has 0 aliphatic carbocycles. The van der Waals surface area contributed by atoms with E-state index in [0.717, 1.165) is 0 Å². The van der Waals surface area contributed by atoms with Crippen LogP contribution in [0.1, 0.15) is 5.76 Å². The van der Waals surface area contributed by atoms with Gasteiger partial charge in [-0.2, -0.15) is 0 Å². The maximum absolute atomic E-state index is 11.3. The molecule has 0 unspecified atom stereocenters. The van der Waals surface area contributed by atoms with Crippen molar-refractivity contribution in [2.75, 3.05) is 13.1 Å². The number of piperazine rings is 1. The fourth-order valence-corrected chi connectivity index (χ4v) is 1.34. The molecule has 0 bridgehead atoms. The molecule has 0 aromatic carbocycles. The number of carbonyl (C=O) groups excluding carboxylic acids is 2. The summed E-state index contributed by atoms with van der Waals surface area (Å²) >= 11 is 0. The summed E-state index contributed by atoms with van der Waals surface area (Å²) in [5.41, 5.74) is 0. The molecule has 14 heavy (non-hydrogen) atoms. The minimum Gasteiger partial charge on any atom is -0.467 e. The molecular formula is C9H10N2O3. The average Bonchev–Trinajstić information content (AvgIpc) is 2.64. The van der Waals surface area contributed by atoms with Crippen molar-refractivity contribution in [3.63, 3.8) is 0 Å². The first kappa shape index (κ1) is 8.80. The standard InChI is InChI=1S/C9H10N2O3/c12-8-6-11(9(13)4-10-8)5-7-2-1-3-14-7/h1-3H,4-6H2,(H,10,12).